The van der Waals surface area contributed by atoms with E-state index in [2.05, 4.69) is 0 Å². The van der Waals surface area contributed by atoms with Gasteiger partial charge in [0, 0.05) is 16.6 Å². The maximum Gasteiger partial charge on any atom is 0.417 e. The maximum atomic E-state index is 15.0. The minimum Gasteiger partial charge on any atom is -0.349 e. The van der Waals surface area contributed by atoms with E-state index in [1.54, 1.807) is 6.92 Å². The molecule has 1 N–H and O–H groups in total. The molecule has 0 bridgehead atoms. The second-order valence-corrected chi connectivity index (χ2v) is 11.6. The fraction of sp³-hybridized carbons (Fsp3) is 0.400. The van der Waals surface area contributed by atoms with Crippen molar-refractivity contribution in [3.63, 3.8) is 0 Å². The molecule has 228 valence electrons. The molecule has 41 heavy (non-hydrogen) atoms. The van der Waals surface area contributed by atoms with Crippen molar-refractivity contribution < 1.29 is 57.1 Å². The number of alkyl halides is 9. The number of aryl methyl sites for hydroxylation is 1. The number of nitrogens with one attached hydrogen (secondary N) is 1. The minimum absolute atomic E-state index is 0.0248. The molecular formula is C25H22ClF10NO3S. The van der Waals surface area contributed by atoms with Crippen LogP contribution in [0.4, 0.5) is 43.9 Å². The summed E-state index contributed by atoms with van der Waals surface area (Å²) in [7, 11) is -4.80. The number of hydrogen-bond donors (Lipinski definition) is 1. The molecular weight excluding hydrogens is 620 g/mol. The molecule has 0 saturated carbocycles. The summed E-state index contributed by atoms with van der Waals surface area (Å²) in [6, 6.07) is 2.89. The molecule has 0 spiro atoms. The number of carbonyl (C=O) groups excluding carboxylic acids is 1. The van der Waals surface area contributed by atoms with E-state index in [4.69, 9.17) is 11.6 Å². The van der Waals surface area contributed by atoms with Crippen LogP contribution >= 0.6 is 11.6 Å². The molecule has 1 unspecified atom stereocenters. The van der Waals surface area contributed by atoms with Gasteiger partial charge < -0.3 is 5.32 Å². The summed E-state index contributed by atoms with van der Waals surface area (Å²) in [5, 5.41) is 1.81. The number of benzene rings is 2. The van der Waals surface area contributed by atoms with Crippen LogP contribution in [0.15, 0.2) is 42.5 Å². The minimum atomic E-state index is -5.33. The van der Waals surface area contributed by atoms with Crippen molar-refractivity contribution in [3.8, 4) is 0 Å². The van der Waals surface area contributed by atoms with Crippen molar-refractivity contribution in [1.82, 2.24) is 5.32 Å². The van der Waals surface area contributed by atoms with E-state index < -0.39 is 85.8 Å². The van der Waals surface area contributed by atoms with Gasteiger partial charge in [-0.15, -0.1) is 0 Å². The molecule has 2 aromatic rings. The fourth-order valence-corrected chi connectivity index (χ4v) is 5.61. The highest BCUT2D eigenvalue weighted by Gasteiger charge is 2.41. The highest BCUT2D eigenvalue weighted by molar-refractivity contribution is 7.91. The van der Waals surface area contributed by atoms with Gasteiger partial charge in [-0.25, -0.2) is 12.8 Å². The molecule has 2 rings (SSSR count). The highest BCUT2D eigenvalue weighted by Crippen LogP contribution is 2.40. The van der Waals surface area contributed by atoms with Crippen molar-refractivity contribution in [1.29, 1.82) is 0 Å². The zero-order chi connectivity index (χ0) is 31.6. The van der Waals surface area contributed by atoms with Gasteiger partial charge in [-0.05, 0) is 48.7 Å². The van der Waals surface area contributed by atoms with E-state index in [1.807, 2.05) is 5.32 Å². The summed E-state index contributed by atoms with van der Waals surface area (Å²) in [5.74, 6) is -9.32. The van der Waals surface area contributed by atoms with Gasteiger partial charge in [-0.3, -0.25) is 4.79 Å². The lowest BCUT2D eigenvalue weighted by Crippen LogP contribution is -2.40. The molecule has 16 heteroatoms. The lowest BCUT2D eigenvalue weighted by molar-refractivity contribution is -0.140. The number of carbonyl (C=O) groups is 1. The zero-order valence-corrected chi connectivity index (χ0v) is 22.7. The number of allylic oxidation sites excluding steroid dienone is 1. The van der Waals surface area contributed by atoms with Crippen molar-refractivity contribution >= 4 is 33.2 Å². The molecule has 0 aliphatic heterocycles. The predicted octanol–water partition coefficient (Wildman–Crippen LogP) is 7.67. The Morgan fingerprint density at radius 2 is 1.61 bits per heavy atom. The van der Waals surface area contributed by atoms with Gasteiger partial charge in [-0.1, -0.05) is 36.7 Å². The van der Waals surface area contributed by atoms with Crippen LogP contribution in [0.2, 0.25) is 5.02 Å². The van der Waals surface area contributed by atoms with Crippen molar-refractivity contribution in [2.24, 2.45) is 0 Å². The van der Waals surface area contributed by atoms with E-state index in [1.165, 1.54) is 6.07 Å². The van der Waals surface area contributed by atoms with Gasteiger partial charge in [0.15, 0.2) is 9.84 Å². The number of rotatable bonds is 9. The number of sulfone groups is 1. The van der Waals surface area contributed by atoms with Crippen LogP contribution in [0, 0.1) is 0 Å². The van der Waals surface area contributed by atoms with Crippen molar-refractivity contribution in [2.45, 2.75) is 50.8 Å². The third-order valence-electron chi connectivity index (χ3n) is 5.59. The van der Waals surface area contributed by atoms with E-state index in [9.17, 15) is 57.1 Å². The van der Waals surface area contributed by atoms with Crippen LogP contribution in [0.25, 0.3) is 5.83 Å². The molecule has 0 fully saturated rings. The van der Waals surface area contributed by atoms with Crippen LogP contribution in [0.1, 0.15) is 52.4 Å². The quantitative estimate of drug-likeness (QED) is 0.286. The molecule has 4 nitrogen and oxygen atoms in total. The van der Waals surface area contributed by atoms with Crippen LogP contribution < -0.4 is 5.32 Å². The molecule has 2 aromatic carbocycles. The molecule has 2 atom stereocenters. The Morgan fingerprint density at radius 3 is 2.10 bits per heavy atom. The van der Waals surface area contributed by atoms with Crippen molar-refractivity contribution in [3.05, 3.63) is 75.3 Å². The van der Waals surface area contributed by atoms with E-state index in [-0.39, 0.29) is 17.2 Å². The Bertz CT molecular complexity index is 1400. The average Bonchev–Trinajstić information content (AvgIpc) is 2.78. The Labute approximate surface area is 233 Å². The Balaban J connectivity index is 2.44. The number of hydrogen-bond acceptors (Lipinski definition) is 3. The summed E-state index contributed by atoms with van der Waals surface area (Å²) < 4.78 is 158. The van der Waals surface area contributed by atoms with Gasteiger partial charge in [0.2, 0.25) is 0 Å². The van der Waals surface area contributed by atoms with Gasteiger partial charge in [-0.2, -0.15) is 39.5 Å². The highest BCUT2D eigenvalue weighted by atomic mass is 35.5. The molecule has 0 saturated heterocycles. The first kappa shape index (κ1) is 34.4. The number of halogens is 11. The summed E-state index contributed by atoms with van der Waals surface area (Å²) in [6.45, 7) is 2.63. The van der Waals surface area contributed by atoms with Gasteiger partial charge in [0.25, 0.3) is 5.91 Å². The van der Waals surface area contributed by atoms with E-state index >= 15 is 0 Å². The Kier molecular flexibility index (Phi) is 10.6. The van der Waals surface area contributed by atoms with E-state index in [0.29, 0.717) is 24.1 Å². The third-order valence-corrected chi connectivity index (χ3v) is 7.72. The largest absolute Gasteiger partial charge is 0.417 e. The van der Waals surface area contributed by atoms with Crippen LogP contribution in [-0.4, -0.2) is 44.2 Å². The molecule has 0 aromatic heterocycles. The lowest BCUT2D eigenvalue weighted by Gasteiger charge is -2.20. The molecule has 1 amide bonds. The number of amides is 1. The molecule has 0 heterocycles. The predicted molar refractivity (Wildman–Crippen MR) is 132 cm³/mol. The Hall–Kier alpha value is -2.81. The van der Waals surface area contributed by atoms with Crippen molar-refractivity contribution in [2.75, 3.05) is 11.5 Å². The normalized spacial score (nSPS) is 15.0. The summed E-state index contributed by atoms with van der Waals surface area (Å²) in [5.41, 5.74) is -3.86. The van der Waals surface area contributed by atoms with Gasteiger partial charge in [0.05, 0.1) is 16.9 Å². The summed E-state index contributed by atoms with van der Waals surface area (Å²) in [4.78, 5) is 12.5. The zero-order valence-electron chi connectivity index (χ0n) is 21.1. The van der Waals surface area contributed by atoms with E-state index in [0.717, 1.165) is 19.1 Å². The third kappa shape index (κ3) is 9.90. The maximum absolute atomic E-state index is 15.0. The lowest BCUT2D eigenvalue weighted by atomic mass is 9.94. The first-order valence-corrected chi connectivity index (χ1v) is 13.8. The van der Waals surface area contributed by atoms with Crippen LogP contribution in [-0.2, 0) is 22.4 Å². The molecule has 0 aliphatic rings. The topological polar surface area (TPSA) is 63.2 Å². The Morgan fingerprint density at radius 1 is 1.00 bits per heavy atom. The SMILES string of the molecule is CCc1ccc(C(/C=C(\F)c2ccc(C(=O)N[C@H](C)CS(=O)(=O)CC(F)(F)F)c(C(F)(F)F)c2)C(F)(F)F)cc1Cl. The standard InChI is InChI=1S/C25H22ClF10NO3S/c1-3-14-4-5-15(9-20(14)26)18(24(31,32)33)10-21(27)16-6-7-17(19(8-16)25(34,35)36)22(38)37-13(2)11-41(39,40)12-23(28,29)30/h4-10,13,18H,3,11-12H2,1-2H3,(H,37,38)/b21-10-/t13-,18?/m1/s1. The van der Waals surface area contributed by atoms with Gasteiger partial charge in [0.1, 0.15) is 17.5 Å². The van der Waals surface area contributed by atoms with Gasteiger partial charge >= 0.3 is 18.5 Å². The summed E-state index contributed by atoms with van der Waals surface area (Å²) in [6.07, 6.45) is -15.0. The average molecular weight is 642 g/mol. The molecule has 0 aliphatic carbocycles. The van der Waals surface area contributed by atoms with Crippen LogP contribution in [0.5, 0.6) is 0 Å². The first-order chi connectivity index (χ1) is 18.5. The first-order valence-electron chi connectivity index (χ1n) is 11.6. The van der Waals surface area contributed by atoms with Crippen LogP contribution in [0.3, 0.4) is 0 Å². The monoisotopic (exact) mass is 641 g/mol. The molecule has 0 radical (unpaired) electrons. The fourth-order valence-electron chi connectivity index (χ4n) is 3.82. The smallest absolute Gasteiger partial charge is 0.349 e. The second kappa shape index (κ2) is 12.6. The summed E-state index contributed by atoms with van der Waals surface area (Å²) >= 11 is 5.97. The second-order valence-electron chi connectivity index (χ2n) is 9.04.